The highest BCUT2D eigenvalue weighted by Gasteiger charge is 2.33. The Morgan fingerprint density at radius 1 is 1.32 bits per heavy atom. The van der Waals surface area contributed by atoms with Crippen LogP contribution in [0.2, 0.25) is 0 Å². The molecule has 0 aliphatic heterocycles. The molecule has 2 N–H and O–H groups in total. The molecule has 0 saturated heterocycles. The number of carbonyl (C=O) groups excluding carboxylic acids is 1. The van der Waals surface area contributed by atoms with Crippen molar-refractivity contribution in [1.82, 2.24) is 4.90 Å². The van der Waals surface area contributed by atoms with E-state index in [0.717, 1.165) is 11.1 Å². The summed E-state index contributed by atoms with van der Waals surface area (Å²) in [5.41, 5.74) is 7.81. The van der Waals surface area contributed by atoms with E-state index in [-0.39, 0.29) is 5.91 Å². The third-order valence-electron chi connectivity index (χ3n) is 3.30. The standard InChI is InChI=1S/C16H24N2O/c1-6-18(11-12(2)3)15(19)16(4,5)13-7-9-14(17)10-8-13/h7-10H,2,6,11,17H2,1,3-5H3. The van der Waals surface area contributed by atoms with Crippen molar-refractivity contribution in [1.29, 1.82) is 0 Å². The van der Waals surface area contributed by atoms with E-state index in [9.17, 15) is 4.79 Å². The number of hydrogen-bond donors (Lipinski definition) is 1. The molecule has 0 atom stereocenters. The van der Waals surface area contributed by atoms with E-state index in [0.29, 0.717) is 18.8 Å². The highest BCUT2D eigenvalue weighted by molar-refractivity contribution is 5.87. The topological polar surface area (TPSA) is 46.3 Å². The Hall–Kier alpha value is -1.77. The average molecular weight is 260 g/mol. The second-order valence-corrected chi connectivity index (χ2v) is 5.52. The number of nitrogens with two attached hydrogens (primary N) is 1. The smallest absolute Gasteiger partial charge is 0.232 e. The fraction of sp³-hybridized carbons (Fsp3) is 0.438. The number of likely N-dealkylation sites (N-methyl/N-ethyl adjacent to an activating group) is 1. The number of nitrogens with zero attached hydrogens (tertiary/aromatic N) is 1. The number of anilines is 1. The zero-order chi connectivity index (χ0) is 14.6. The minimum Gasteiger partial charge on any atom is -0.399 e. The summed E-state index contributed by atoms with van der Waals surface area (Å²) in [6.07, 6.45) is 0. The van der Waals surface area contributed by atoms with E-state index in [1.807, 2.05) is 56.9 Å². The van der Waals surface area contributed by atoms with Crippen molar-refractivity contribution in [2.45, 2.75) is 33.1 Å². The number of hydrogen-bond acceptors (Lipinski definition) is 2. The summed E-state index contributed by atoms with van der Waals surface area (Å²) in [5.74, 6) is 0.114. The molecule has 1 amide bonds. The number of carbonyl (C=O) groups is 1. The van der Waals surface area contributed by atoms with Gasteiger partial charge >= 0.3 is 0 Å². The lowest BCUT2D eigenvalue weighted by Gasteiger charge is -2.32. The summed E-state index contributed by atoms with van der Waals surface area (Å²) in [5, 5.41) is 0. The van der Waals surface area contributed by atoms with Crippen LogP contribution in [0.3, 0.4) is 0 Å². The summed E-state index contributed by atoms with van der Waals surface area (Å²) < 4.78 is 0. The number of amides is 1. The van der Waals surface area contributed by atoms with E-state index in [1.54, 1.807) is 0 Å². The minimum atomic E-state index is -0.556. The van der Waals surface area contributed by atoms with Crippen molar-refractivity contribution in [3.63, 3.8) is 0 Å². The molecule has 3 heteroatoms. The van der Waals surface area contributed by atoms with Gasteiger partial charge in [-0.05, 0) is 45.4 Å². The quantitative estimate of drug-likeness (QED) is 0.653. The van der Waals surface area contributed by atoms with Gasteiger partial charge in [0.05, 0.1) is 5.41 Å². The molecule has 0 spiro atoms. The third-order valence-corrected chi connectivity index (χ3v) is 3.30. The number of benzene rings is 1. The fourth-order valence-electron chi connectivity index (χ4n) is 2.07. The molecule has 0 unspecified atom stereocenters. The van der Waals surface area contributed by atoms with Gasteiger partial charge in [-0.25, -0.2) is 0 Å². The highest BCUT2D eigenvalue weighted by Crippen LogP contribution is 2.26. The molecule has 0 heterocycles. The largest absolute Gasteiger partial charge is 0.399 e. The van der Waals surface area contributed by atoms with E-state index in [4.69, 9.17) is 5.73 Å². The Kier molecular flexibility index (Phi) is 4.76. The van der Waals surface area contributed by atoms with E-state index in [2.05, 4.69) is 6.58 Å². The molecule has 0 bridgehead atoms. The molecule has 1 aromatic carbocycles. The Balaban J connectivity index is 3.00. The van der Waals surface area contributed by atoms with Crippen LogP contribution < -0.4 is 5.73 Å². The van der Waals surface area contributed by atoms with Crippen LogP contribution in [-0.4, -0.2) is 23.9 Å². The first-order chi connectivity index (χ1) is 8.78. The molecular weight excluding hydrogens is 236 g/mol. The van der Waals surface area contributed by atoms with Crippen LogP contribution in [0.25, 0.3) is 0 Å². The highest BCUT2D eigenvalue weighted by atomic mass is 16.2. The second-order valence-electron chi connectivity index (χ2n) is 5.52. The molecular formula is C16H24N2O. The molecule has 0 aliphatic rings. The van der Waals surface area contributed by atoms with Gasteiger partial charge in [-0.3, -0.25) is 4.79 Å². The van der Waals surface area contributed by atoms with Gasteiger partial charge in [0.15, 0.2) is 0 Å². The lowest BCUT2D eigenvalue weighted by atomic mass is 9.83. The first-order valence-corrected chi connectivity index (χ1v) is 6.58. The summed E-state index contributed by atoms with van der Waals surface area (Å²) in [7, 11) is 0. The van der Waals surface area contributed by atoms with E-state index >= 15 is 0 Å². The third kappa shape index (κ3) is 3.60. The van der Waals surface area contributed by atoms with Crippen molar-refractivity contribution in [2.75, 3.05) is 18.8 Å². The van der Waals surface area contributed by atoms with Gasteiger partial charge in [-0.1, -0.05) is 24.3 Å². The van der Waals surface area contributed by atoms with Gasteiger partial charge in [0.2, 0.25) is 5.91 Å². The minimum absolute atomic E-state index is 0.114. The molecule has 0 aliphatic carbocycles. The average Bonchev–Trinajstić information content (AvgIpc) is 2.35. The van der Waals surface area contributed by atoms with E-state index < -0.39 is 5.41 Å². The Labute approximate surface area is 116 Å². The zero-order valence-electron chi connectivity index (χ0n) is 12.4. The van der Waals surface area contributed by atoms with Crippen LogP contribution in [0.4, 0.5) is 5.69 Å². The van der Waals surface area contributed by atoms with Crippen LogP contribution in [0.5, 0.6) is 0 Å². The number of nitrogen functional groups attached to an aromatic ring is 1. The Bertz CT molecular complexity index is 460. The van der Waals surface area contributed by atoms with Crippen LogP contribution in [0.1, 0.15) is 33.3 Å². The number of rotatable bonds is 5. The first kappa shape index (κ1) is 15.3. The van der Waals surface area contributed by atoms with Gasteiger partial charge in [0.25, 0.3) is 0 Å². The van der Waals surface area contributed by atoms with Gasteiger partial charge in [-0.2, -0.15) is 0 Å². The molecule has 3 nitrogen and oxygen atoms in total. The summed E-state index contributed by atoms with van der Waals surface area (Å²) >= 11 is 0. The van der Waals surface area contributed by atoms with Crippen molar-refractivity contribution in [2.24, 2.45) is 0 Å². The first-order valence-electron chi connectivity index (χ1n) is 6.58. The summed E-state index contributed by atoms with van der Waals surface area (Å²) in [6, 6.07) is 7.50. The lowest BCUT2D eigenvalue weighted by molar-refractivity contribution is -0.135. The van der Waals surface area contributed by atoms with Gasteiger partial charge in [0.1, 0.15) is 0 Å². The van der Waals surface area contributed by atoms with Crippen molar-refractivity contribution in [3.8, 4) is 0 Å². The molecule has 0 fully saturated rings. The monoisotopic (exact) mass is 260 g/mol. The summed E-state index contributed by atoms with van der Waals surface area (Å²) in [6.45, 7) is 13.0. The van der Waals surface area contributed by atoms with Gasteiger partial charge in [0, 0.05) is 18.8 Å². The molecule has 0 saturated carbocycles. The Morgan fingerprint density at radius 2 is 1.84 bits per heavy atom. The predicted molar refractivity (Wildman–Crippen MR) is 80.9 cm³/mol. The molecule has 0 radical (unpaired) electrons. The normalized spacial score (nSPS) is 11.2. The lowest BCUT2D eigenvalue weighted by Crippen LogP contribution is -2.44. The van der Waals surface area contributed by atoms with Crippen LogP contribution >= 0.6 is 0 Å². The fourth-order valence-corrected chi connectivity index (χ4v) is 2.07. The zero-order valence-corrected chi connectivity index (χ0v) is 12.4. The van der Waals surface area contributed by atoms with Crippen LogP contribution in [-0.2, 0) is 10.2 Å². The molecule has 1 aromatic rings. The van der Waals surface area contributed by atoms with Gasteiger partial charge in [-0.15, -0.1) is 0 Å². The van der Waals surface area contributed by atoms with E-state index in [1.165, 1.54) is 0 Å². The van der Waals surface area contributed by atoms with Crippen molar-refractivity contribution in [3.05, 3.63) is 42.0 Å². The maximum absolute atomic E-state index is 12.7. The molecule has 104 valence electrons. The molecule has 1 rings (SSSR count). The Morgan fingerprint density at radius 3 is 2.26 bits per heavy atom. The second kappa shape index (κ2) is 5.91. The maximum atomic E-state index is 12.7. The maximum Gasteiger partial charge on any atom is 0.232 e. The molecule has 19 heavy (non-hydrogen) atoms. The predicted octanol–water partition coefficient (Wildman–Crippen LogP) is 2.97. The SMILES string of the molecule is C=C(C)CN(CC)C(=O)C(C)(C)c1ccc(N)cc1. The van der Waals surface area contributed by atoms with Gasteiger partial charge < -0.3 is 10.6 Å². The summed E-state index contributed by atoms with van der Waals surface area (Å²) in [4.78, 5) is 14.5. The van der Waals surface area contributed by atoms with Crippen molar-refractivity contribution < 1.29 is 4.79 Å². The van der Waals surface area contributed by atoms with Crippen LogP contribution in [0, 0.1) is 0 Å². The van der Waals surface area contributed by atoms with Crippen molar-refractivity contribution >= 4 is 11.6 Å². The molecule has 0 aromatic heterocycles. The van der Waals surface area contributed by atoms with Crippen LogP contribution in [0.15, 0.2) is 36.4 Å².